The Kier molecular flexibility index (Phi) is 3.33. The van der Waals surface area contributed by atoms with Crippen LogP contribution >= 0.6 is 0 Å². The lowest BCUT2D eigenvalue weighted by atomic mass is 10.0. The van der Waals surface area contributed by atoms with Crippen molar-refractivity contribution in [3.05, 3.63) is 59.2 Å². The highest BCUT2D eigenvalue weighted by molar-refractivity contribution is 5.42. The van der Waals surface area contributed by atoms with Gasteiger partial charge in [0, 0.05) is 6.42 Å². The first-order valence-corrected chi connectivity index (χ1v) is 5.61. The predicted molar refractivity (Wildman–Crippen MR) is 68.6 cm³/mol. The van der Waals surface area contributed by atoms with Crippen molar-refractivity contribution >= 4 is 0 Å². The van der Waals surface area contributed by atoms with E-state index in [1.54, 1.807) is 7.11 Å². The average Bonchev–Trinajstić information content (AvgIpc) is 2.36. The first kappa shape index (κ1) is 11.5. The summed E-state index contributed by atoms with van der Waals surface area (Å²) in [6.45, 7) is 1.91. The summed E-state index contributed by atoms with van der Waals surface area (Å²) >= 11 is 0. The largest absolute Gasteiger partial charge is 0.507 e. The van der Waals surface area contributed by atoms with Gasteiger partial charge in [-0.2, -0.15) is 0 Å². The van der Waals surface area contributed by atoms with Crippen molar-refractivity contribution in [2.24, 2.45) is 0 Å². The van der Waals surface area contributed by atoms with E-state index < -0.39 is 0 Å². The van der Waals surface area contributed by atoms with Gasteiger partial charge in [-0.25, -0.2) is 0 Å². The maximum atomic E-state index is 9.93. The highest BCUT2D eigenvalue weighted by Gasteiger charge is 2.04. The molecule has 17 heavy (non-hydrogen) atoms. The third kappa shape index (κ3) is 2.59. The van der Waals surface area contributed by atoms with Crippen LogP contribution in [0, 0.1) is 6.92 Å². The van der Waals surface area contributed by atoms with Crippen molar-refractivity contribution in [2.75, 3.05) is 7.11 Å². The zero-order valence-electron chi connectivity index (χ0n) is 10.1. The molecular weight excluding hydrogens is 212 g/mol. The normalized spacial score (nSPS) is 10.2. The number of ether oxygens (including phenoxy) is 1. The van der Waals surface area contributed by atoms with Crippen molar-refractivity contribution in [3.63, 3.8) is 0 Å². The van der Waals surface area contributed by atoms with Crippen molar-refractivity contribution in [2.45, 2.75) is 13.3 Å². The highest BCUT2D eigenvalue weighted by atomic mass is 16.5. The molecule has 0 amide bonds. The van der Waals surface area contributed by atoms with Crippen LogP contribution in [-0.2, 0) is 6.42 Å². The third-order valence-corrected chi connectivity index (χ3v) is 2.87. The summed E-state index contributed by atoms with van der Waals surface area (Å²) in [7, 11) is 1.65. The molecule has 0 saturated carbocycles. The molecule has 2 aromatic rings. The van der Waals surface area contributed by atoms with Crippen LogP contribution in [-0.4, -0.2) is 12.2 Å². The number of rotatable bonds is 3. The molecule has 0 bridgehead atoms. The number of para-hydroxylation sites is 1. The van der Waals surface area contributed by atoms with Gasteiger partial charge in [0.2, 0.25) is 0 Å². The van der Waals surface area contributed by atoms with Gasteiger partial charge in [-0.05, 0) is 35.7 Å². The second-order valence-electron chi connectivity index (χ2n) is 4.11. The van der Waals surface area contributed by atoms with E-state index in [4.69, 9.17) is 4.74 Å². The predicted octanol–water partition coefficient (Wildman–Crippen LogP) is 3.30. The minimum absolute atomic E-state index is 0.392. The molecular formula is C15H16O2. The number of hydrogen-bond donors (Lipinski definition) is 1. The molecule has 2 rings (SSSR count). The van der Waals surface area contributed by atoms with E-state index in [0.29, 0.717) is 5.75 Å². The van der Waals surface area contributed by atoms with E-state index in [-0.39, 0.29) is 0 Å². The Morgan fingerprint density at radius 3 is 2.41 bits per heavy atom. The summed E-state index contributed by atoms with van der Waals surface area (Å²) < 4.78 is 5.11. The lowest BCUT2D eigenvalue weighted by Gasteiger charge is -2.07. The third-order valence-electron chi connectivity index (χ3n) is 2.87. The van der Waals surface area contributed by atoms with Gasteiger partial charge in [0.1, 0.15) is 11.5 Å². The Morgan fingerprint density at radius 2 is 1.76 bits per heavy atom. The first-order valence-electron chi connectivity index (χ1n) is 5.61. The number of methoxy groups -OCH3 is 1. The summed E-state index contributed by atoms with van der Waals surface area (Å²) in [5.41, 5.74) is 3.03. The van der Waals surface area contributed by atoms with Gasteiger partial charge in [0.05, 0.1) is 7.11 Å². The lowest BCUT2D eigenvalue weighted by Crippen LogP contribution is -1.91. The van der Waals surface area contributed by atoms with E-state index in [0.717, 1.165) is 28.9 Å². The van der Waals surface area contributed by atoms with Crippen molar-refractivity contribution in [1.29, 1.82) is 0 Å². The van der Waals surface area contributed by atoms with E-state index in [9.17, 15) is 5.11 Å². The molecule has 0 aliphatic carbocycles. The molecule has 0 aliphatic rings. The summed E-state index contributed by atoms with van der Waals surface area (Å²) in [5, 5.41) is 9.93. The van der Waals surface area contributed by atoms with Crippen LogP contribution in [0.3, 0.4) is 0 Å². The Labute approximate surface area is 101 Å². The van der Waals surface area contributed by atoms with Gasteiger partial charge in [-0.15, -0.1) is 0 Å². The monoisotopic (exact) mass is 228 g/mol. The minimum atomic E-state index is 0.392. The second kappa shape index (κ2) is 4.91. The number of phenols is 1. The highest BCUT2D eigenvalue weighted by Crippen LogP contribution is 2.24. The fraction of sp³-hybridized carbons (Fsp3) is 0.200. The zero-order chi connectivity index (χ0) is 12.3. The maximum absolute atomic E-state index is 9.93. The van der Waals surface area contributed by atoms with Crippen LogP contribution in [0.5, 0.6) is 11.5 Å². The molecule has 0 spiro atoms. The number of aryl methyl sites for hydroxylation is 1. The smallest absolute Gasteiger partial charge is 0.122 e. The Morgan fingerprint density at radius 1 is 1.06 bits per heavy atom. The molecule has 1 N–H and O–H groups in total. The molecule has 88 valence electrons. The van der Waals surface area contributed by atoms with E-state index >= 15 is 0 Å². The number of benzene rings is 2. The second-order valence-corrected chi connectivity index (χ2v) is 4.11. The molecule has 2 nitrogen and oxygen atoms in total. The maximum Gasteiger partial charge on any atom is 0.122 e. The molecule has 0 saturated heterocycles. The van der Waals surface area contributed by atoms with Gasteiger partial charge in [0.15, 0.2) is 0 Å². The van der Waals surface area contributed by atoms with Crippen molar-refractivity contribution in [3.8, 4) is 11.5 Å². The van der Waals surface area contributed by atoms with Crippen LogP contribution in [0.4, 0.5) is 0 Å². The minimum Gasteiger partial charge on any atom is -0.507 e. The quantitative estimate of drug-likeness (QED) is 0.873. The molecule has 0 aromatic heterocycles. The van der Waals surface area contributed by atoms with Crippen LogP contribution in [0.1, 0.15) is 16.7 Å². The van der Waals surface area contributed by atoms with Crippen molar-refractivity contribution in [1.82, 2.24) is 0 Å². The molecule has 2 heteroatoms. The van der Waals surface area contributed by atoms with E-state index in [1.165, 1.54) is 0 Å². The summed E-state index contributed by atoms with van der Waals surface area (Å²) in [5.74, 6) is 1.24. The fourth-order valence-corrected chi connectivity index (χ4v) is 1.83. The average molecular weight is 228 g/mol. The Balaban J connectivity index is 2.22. The SMILES string of the molecule is COc1ccc(Cc2cccc(C)c2O)cc1. The first-order chi connectivity index (χ1) is 8.20. The number of aromatic hydroxyl groups is 1. The molecule has 0 aliphatic heterocycles. The number of phenolic OH excluding ortho intramolecular Hbond substituents is 1. The van der Waals surface area contributed by atoms with E-state index in [1.807, 2.05) is 49.4 Å². The van der Waals surface area contributed by atoms with Gasteiger partial charge in [0.25, 0.3) is 0 Å². The zero-order valence-corrected chi connectivity index (χ0v) is 10.1. The molecule has 0 atom stereocenters. The molecule has 0 heterocycles. The summed E-state index contributed by atoms with van der Waals surface area (Å²) in [6.07, 6.45) is 0.734. The summed E-state index contributed by atoms with van der Waals surface area (Å²) in [4.78, 5) is 0. The summed E-state index contributed by atoms with van der Waals surface area (Å²) in [6, 6.07) is 13.7. The topological polar surface area (TPSA) is 29.5 Å². The molecule has 2 aromatic carbocycles. The Bertz CT molecular complexity index is 501. The van der Waals surface area contributed by atoms with E-state index in [2.05, 4.69) is 0 Å². The van der Waals surface area contributed by atoms with Crippen molar-refractivity contribution < 1.29 is 9.84 Å². The fourth-order valence-electron chi connectivity index (χ4n) is 1.83. The van der Waals surface area contributed by atoms with Crippen LogP contribution in [0.2, 0.25) is 0 Å². The van der Waals surface area contributed by atoms with Crippen LogP contribution < -0.4 is 4.74 Å². The van der Waals surface area contributed by atoms with Gasteiger partial charge in [-0.1, -0.05) is 30.3 Å². The Hall–Kier alpha value is -1.96. The van der Waals surface area contributed by atoms with Crippen LogP contribution in [0.25, 0.3) is 0 Å². The van der Waals surface area contributed by atoms with Gasteiger partial charge >= 0.3 is 0 Å². The molecule has 0 unspecified atom stereocenters. The standard InChI is InChI=1S/C15H16O2/c1-11-4-3-5-13(15(11)16)10-12-6-8-14(17-2)9-7-12/h3-9,16H,10H2,1-2H3. The molecule has 0 fully saturated rings. The van der Waals surface area contributed by atoms with Crippen LogP contribution in [0.15, 0.2) is 42.5 Å². The van der Waals surface area contributed by atoms with Gasteiger partial charge < -0.3 is 9.84 Å². The number of hydrogen-bond acceptors (Lipinski definition) is 2. The molecule has 0 radical (unpaired) electrons. The van der Waals surface area contributed by atoms with Gasteiger partial charge in [-0.3, -0.25) is 0 Å². The lowest BCUT2D eigenvalue weighted by molar-refractivity contribution is 0.414.